The zero-order valence-corrected chi connectivity index (χ0v) is 8.02. The second-order valence-corrected chi connectivity index (χ2v) is 2.80. The third kappa shape index (κ3) is 1.58. The van der Waals surface area contributed by atoms with Gasteiger partial charge in [-0.3, -0.25) is 4.79 Å². The molecule has 3 heteroatoms. The number of Topliss-reactive ketones (excluding diaryl/α,β-unsaturated/α-hetero) is 1. The van der Waals surface area contributed by atoms with Crippen LogP contribution in [0.5, 0.6) is 0 Å². The number of aromatic nitrogens is 1. The highest BCUT2D eigenvalue weighted by molar-refractivity contribution is 6.06. The Balaban J connectivity index is 0.000000845. The summed E-state index contributed by atoms with van der Waals surface area (Å²) in [6.07, 6.45) is 1.76. The summed E-state index contributed by atoms with van der Waals surface area (Å²) in [5, 5.41) is 1.00. The van der Waals surface area contributed by atoms with E-state index in [0.29, 0.717) is 0 Å². The molecule has 0 aliphatic heterocycles. The highest BCUT2D eigenvalue weighted by Crippen LogP contribution is 2.17. The molecule has 0 saturated carbocycles. The largest absolute Gasteiger partial charge is 0.360 e. The standard InChI is InChI=1S/C10H9NO.ClH/c1-7(12)9-6-11-10-5-3-2-4-8(9)10;/h2-6,11H,1H3;1H. The van der Waals surface area contributed by atoms with E-state index in [4.69, 9.17) is 0 Å². The predicted molar refractivity (Wildman–Crippen MR) is 55.6 cm³/mol. The quantitative estimate of drug-likeness (QED) is 0.698. The van der Waals surface area contributed by atoms with Gasteiger partial charge in [0, 0.05) is 22.7 Å². The van der Waals surface area contributed by atoms with Crippen LogP contribution < -0.4 is 0 Å². The predicted octanol–water partition coefficient (Wildman–Crippen LogP) is 2.79. The monoisotopic (exact) mass is 195 g/mol. The van der Waals surface area contributed by atoms with E-state index in [1.54, 1.807) is 13.1 Å². The molecular formula is C10H10ClNO. The molecule has 68 valence electrons. The Bertz CT molecular complexity index is 433. The highest BCUT2D eigenvalue weighted by atomic mass is 35.5. The van der Waals surface area contributed by atoms with E-state index in [-0.39, 0.29) is 18.2 Å². The molecule has 0 amide bonds. The van der Waals surface area contributed by atoms with E-state index in [1.165, 1.54) is 0 Å². The maximum Gasteiger partial charge on any atom is 0.161 e. The lowest BCUT2D eigenvalue weighted by Gasteiger charge is -1.90. The van der Waals surface area contributed by atoms with Crippen molar-refractivity contribution in [2.24, 2.45) is 0 Å². The molecule has 2 aromatic rings. The molecule has 1 aromatic heterocycles. The fourth-order valence-corrected chi connectivity index (χ4v) is 1.36. The van der Waals surface area contributed by atoms with Crippen molar-refractivity contribution < 1.29 is 4.79 Å². The molecule has 0 radical (unpaired) electrons. The Hall–Kier alpha value is -1.28. The summed E-state index contributed by atoms with van der Waals surface area (Å²) >= 11 is 0. The van der Waals surface area contributed by atoms with Gasteiger partial charge >= 0.3 is 0 Å². The number of aromatic amines is 1. The number of benzene rings is 1. The van der Waals surface area contributed by atoms with Crippen LogP contribution in [0.15, 0.2) is 30.5 Å². The number of para-hydroxylation sites is 1. The summed E-state index contributed by atoms with van der Waals surface area (Å²) < 4.78 is 0. The van der Waals surface area contributed by atoms with Crippen molar-refractivity contribution >= 4 is 29.1 Å². The number of carbonyl (C=O) groups is 1. The summed E-state index contributed by atoms with van der Waals surface area (Å²) in [6, 6.07) is 7.79. The lowest BCUT2D eigenvalue weighted by molar-refractivity contribution is 0.101. The average Bonchev–Trinajstić information content (AvgIpc) is 2.47. The topological polar surface area (TPSA) is 32.9 Å². The van der Waals surface area contributed by atoms with Crippen molar-refractivity contribution in [3.63, 3.8) is 0 Å². The lowest BCUT2D eigenvalue weighted by Crippen LogP contribution is -1.87. The molecule has 0 aliphatic rings. The number of hydrogen-bond acceptors (Lipinski definition) is 1. The van der Waals surface area contributed by atoms with E-state index in [1.807, 2.05) is 24.3 Å². The minimum atomic E-state index is 0. The normalized spacial score (nSPS) is 9.62. The van der Waals surface area contributed by atoms with Gasteiger partial charge in [-0.05, 0) is 13.0 Å². The second-order valence-electron chi connectivity index (χ2n) is 2.80. The smallest absolute Gasteiger partial charge is 0.161 e. The summed E-state index contributed by atoms with van der Waals surface area (Å²) in [6.45, 7) is 1.58. The fourth-order valence-electron chi connectivity index (χ4n) is 1.36. The van der Waals surface area contributed by atoms with Crippen LogP contribution in [0.4, 0.5) is 0 Å². The van der Waals surface area contributed by atoms with E-state index in [9.17, 15) is 4.79 Å². The fraction of sp³-hybridized carbons (Fsp3) is 0.100. The molecule has 2 nitrogen and oxygen atoms in total. The Labute approximate surface area is 82.4 Å². The van der Waals surface area contributed by atoms with Crippen molar-refractivity contribution in [2.75, 3.05) is 0 Å². The van der Waals surface area contributed by atoms with E-state index < -0.39 is 0 Å². The number of carbonyl (C=O) groups excluding carboxylic acids is 1. The van der Waals surface area contributed by atoms with Gasteiger partial charge in [-0.25, -0.2) is 0 Å². The van der Waals surface area contributed by atoms with Crippen LogP contribution in [0.25, 0.3) is 10.9 Å². The van der Waals surface area contributed by atoms with Crippen LogP contribution in [-0.4, -0.2) is 10.8 Å². The van der Waals surface area contributed by atoms with Gasteiger partial charge in [0.1, 0.15) is 0 Å². The van der Waals surface area contributed by atoms with Crippen molar-refractivity contribution in [2.45, 2.75) is 6.92 Å². The number of rotatable bonds is 1. The van der Waals surface area contributed by atoms with Gasteiger partial charge in [0.25, 0.3) is 0 Å². The lowest BCUT2D eigenvalue weighted by atomic mass is 10.1. The number of H-pyrrole nitrogens is 1. The first-order valence-electron chi connectivity index (χ1n) is 3.86. The molecule has 0 bridgehead atoms. The van der Waals surface area contributed by atoms with Crippen LogP contribution in [0, 0.1) is 0 Å². The van der Waals surface area contributed by atoms with Gasteiger partial charge in [0.2, 0.25) is 0 Å². The molecule has 0 atom stereocenters. The van der Waals surface area contributed by atoms with Crippen LogP contribution in [0.2, 0.25) is 0 Å². The summed E-state index contributed by atoms with van der Waals surface area (Å²) in [5.41, 5.74) is 1.79. The summed E-state index contributed by atoms with van der Waals surface area (Å²) in [7, 11) is 0. The van der Waals surface area contributed by atoms with Gasteiger partial charge in [-0.15, -0.1) is 12.4 Å². The molecular weight excluding hydrogens is 186 g/mol. The first-order chi connectivity index (χ1) is 5.79. The van der Waals surface area contributed by atoms with Crippen LogP contribution in [-0.2, 0) is 0 Å². The zero-order valence-electron chi connectivity index (χ0n) is 7.20. The third-order valence-electron chi connectivity index (χ3n) is 1.97. The van der Waals surface area contributed by atoms with Crippen molar-refractivity contribution in [3.05, 3.63) is 36.0 Å². The van der Waals surface area contributed by atoms with Gasteiger partial charge in [0.05, 0.1) is 0 Å². The van der Waals surface area contributed by atoms with E-state index in [2.05, 4.69) is 4.98 Å². The Kier molecular flexibility index (Phi) is 2.73. The Morgan fingerprint density at radius 2 is 2.00 bits per heavy atom. The molecule has 13 heavy (non-hydrogen) atoms. The SMILES string of the molecule is CC(=O)c1c[nH]c2ccccc12.Cl. The van der Waals surface area contributed by atoms with Crippen molar-refractivity contribution in [1.29, 1.82) is 0 Å². The van der Waals surface area contributed by atoms with Gasteiger partial charge < -0.3 is 4.98 Å². The second kappa shape index (κ2) is 3.62. The Morgan fingerprint density at radius 3 is 2.69 bits per heavy atom. The van der Waals surface area contributed by atoms with Crippen LogP contribution >= 0.6 is 12.4 Å². The number of ketones is 1. The molecule has 0 saturated heterocycles. The first kappa shape index (κ1) is 9.81. The maximum atomic E-state index is 11.1. The molecule has 1 heterocycles. The minimum absolute atomic E-state index is 0. The van der Waals surface area contributed by atoms with Crippen molar-refractivity contribution in [3.8, 4) is 0 Å². The molecule has 1 aromatic carbocycles. The maximum absolute atomic E-state index is 11.1. The third-order valence-corrected chi connectivity index (χ3v) is 1.97. The molecule has 0 aliphatic carbocycles. The Morgan fingerprint density at radius 1 is 1.31 bits per heavy atom. The molecule has 0 spiro atoms. The first-order valence-corrected chi connectivity index (χ1v) is 3.86. The van der Waals surface area contributed by atoms with Crippen LogP contribution in [0.1, 0.15) is 17.3 Å². The highest BCUT2D eigenvalue weighted by Gasteiger charge is 2.05. The summed E-state index contributed by atoms with van der Waals surface area (Å²) in [5.74, 6) is 0.104. The average molecular weight is 196 g/mol. The zero-order chi connectivity index (χ0) is 8.55. The molecule has 1 N–H and O–H groups in total. The van der Waals surface area contributed by atoms with Crippen LogP contribution in [0.3, 0.4) is 0 Å². The minimum Gasteiger partial charge on any atom is -0.360 e. The number of halogens is 1. The number of fused-ring (bicyclic) bond motifs is 1. The number of hydrogen-bond donors (Lipinski definition) is 1. The van der Waals surface area contributed by atoms with E-state index in [0.717, 1.165) is 16.5 Å². The molecule has 0 unspecified atom stereocenters. The summed E-state index contributed by atoms with van der Waals surface area (Å²) in [4.78, 5) is 14.1. The van der Waals surface area contributed by atoms with Gasteiger partial charge in [0.15, 0.2) is 5.78 Å². The molecule has 2 rings (SSSR count). The van der Waals surface area contributed by atoms with Gasteiger partial charge in [-0.2, -0.15) is 0 Å². The van der Waals surface area contributed by atoms with Crippen molar-refractivity contribution in [1.82, 2.24) is 4.98 Å². The number of nitrogens with one attached hydrogen (secondary N) is 1. The van der Waals surface area contributed by atoms with E-state index >= 15 is 0 Å². The van der Waals surface area contributed by atoms with Gasteiger partial charge in [-0.1, -0.05) is 18.2 Å². The molecule has 0 fully saturated rings.